The van der Waals surface area contributed by atoms with Crippen LogP contribution in [-0.2, 0) is 16.4 Å². The van der Waals surface area contributed by atoms with Crippen LogP contribution in [0.25, 0.3) is 0 Å². The number of rotatable bonds is 4. The van der Waals surface area contributed by atoms with Gasteiger partial charge in [-0.15, -0.1) is 4.83 Å². The number of hydrazine groups is 1. The van der Waals surface area contributed by atoms with Crippen LogP contribution in [-0.4, -0.2) is 13.5 Å². The number of nitrogens with one attached hydrogen (secondary N) is 2. The minimum Gasteiger partial charge on any atom is -0.375 e. The number of hydrogen-bond acceptors (Lipinski definition) is 4. The summed E-state index contributed by atoms with van der Waals surface area (Å²) in [5.41, 5.74) is 7.99. The van der Waals surface area contributed by atoms with Crippen LogP contribution in [0.5, 0.6) is 0 Å². The lowest BCUT2D eigenvalue weighted by Crippen LogP contribution is -2.44. The Kier molecular flexibility index (Phi) is 4.39. The van der Waals surface area contributed by atoms with Gasteiger partial charge in [0.1, 0.15) is 0 Å². The molecule has 1 aromatic carbocycles. The monoisotopic (exact) mass is 270 g/mol. The number of nitriles is 1. The van der Waals surface area contributed by atoms with Crippen LogP contribution in [0.1, 0.15) is 5.56 Å². The molecule has 0 atom stereocenters. The average molecular weight is 270 g/mol. The lowest BCUT2D eigenvalue weighted by molar-refractivity contribution is 0.577. The molecule has 1 aromatic rings. The summed E-state index contributed by atoms with van der Waals surface area (Å²) >= 11 is 4.47. The summed E-state index contributed by atoms with van der Waals surface area (Å²) in [4.78, 5) is 2.08. The van der Waals surface area contributed by atoms with Gasteiger partial charge in [-0.1, -0.05) is 12.1 Å². The van der Waals surface area contributed by atoms with Crippen LogP contribution >= 0.6 is 12.2 Å². The molecule has 0 bridgehead atoms. The van der Waals surface area contributed by atoms with Crippen molar-refractivity contribution in [2.45, 2.75) is 11.3 Å². The number of sulfonamides is 1. The standard InChI is InChI=1S/C9H10N4O2S2/c10-6-5-7-1-3-8(4-2-7)17(14,15)13-12-9(11)16/h1-4,13H,5H2,(H3,11,12,16). The Morgan fingerprint density at radius 2 is 2.00 bits per heavy atom. The van der Waals surface area contributed by atoms with Crippen molar-refractivity contribution in [3.8, 4) is 6.07 Å². The van der Waals surface area contributed by atoms with Gasteiger partial charge in [-0.05, 0) is 29.9 Å². The first kappa shape index (κ1) is 13.4. The molecule has 0 saturated carbocycles. The Morgan fingerprint density at radius 1 is 1.41 bits per heavy atom. The van der Waals surface area contributed by atoms with E-state index in [1.54, 1.807) is 12.1 Å². The molecule has 0 amide bonds. The van der Waals surface area contributed by atoms with Crippen molar-refractivity contribution in [1.29, 1.82) is 5.26 Å². The second kappa shape index (κ2) is 5.58. The van der Waals surface area contributed by atoms with Crippen molar-refractivity contribution >= 4 is 27.4 Å². The second-order valence-corrected chi connectivity index (χ2v) is 5.20. The molecule has 0 unspecified atom stereocenters. The maximum Gasteiger partial charge on any atom is 0.257 e. The van der Waals surface area contributed by atoms with Crippen molar-refractivity contribution < 1.29 is 8.42 Å². The number of benzene rings is 1. The Hall–Kier alpha value is -1.69. The van der Waals surface area contributed by atoms with E-state index < -0.39 is 10.0 Å². The van der Waals surface area contributed by atoms with E-state index in [-0.39, 0.29) is 16.4 Å². The predicted molar refractivity (Wildman–Crippen MR) is 66.0 cm³/mol. The van der Waals surface area contributed by atoms with Crippen LogP contribution in [0, 0.1) is 11.3 Å². The van der Waals surface area contributed by atoms with Crippen LogP contribution in [0.15, 0.2) is 29.2 Å². The maximum atomic E-state index is 11.7. The first-order valence-corrected chi connectivity index (χ1v) is 6.38. The third kappa shape index (κ3) is 3.99. The zero-order valence-corrected chi connectivity index (χ0v) is 10.3. The van der Waals surface area contributed by atoms with Gasteiger partial charge in [-0.2, -0.15) is 5.26 Å². The van der Waals surface area contributed by atoms with Gasteiger partial charge in [0.15, 0.2) is 5.11 Å². The molecule has 0 saturated heterocycles. The summed E-state index contributed by atoms with van der Waals surface area (Å²) in [5.74, 6) is 0. The van der Waals surface area contributed by atoms with Crippen LogP contribution in [0.3, 0.4) is 0 Å². The number of thiocarbonyl (C=S) groups is 1. The molecule has 6 nitrogen and oxygen atoms in total. The highest BCUT2D eigenvalue weighted by Crippen LogP contribution is 2.10. The van der Waals surface area contributed by atoms with Crippen LogP contribution in [0.2, 0.25) is 0 Å². The lowest BCUT2D eigenvalue weighted by Gasteiger charge is -2.07. The topological polar surface area (TPSA) is 108 Å². The van der Waals surface area contributed by atoms with E-state index in [9.17, 15) is 8.42 Å². The van der Waals surface area contributed by atoms with Crippen molar-refractivity contribution in [2.75, 3.05) is 0 Å². The Morgan fingerprint density at radius 3 is 2.47 bits per heavy atom. The van der Waals surface area contributed by atoms with E-state index in [0.29, 0.717) is 0 Å². The van der Waals surface area contributed by atoms with E-state index in [4.69, 9.17) is 11.0 Å². The van der Waals surface area contributed by atoms with Crippen molar-refractivity contribution in [3.63, 3.8) is 0 Å². The SMILES string of the molecule is N#CCc1ccc(S(=O)(=O)NNC(N)=S)cc1. The first-order valence-electron chi connectivity index (χ1n) is 4.49. The molecule has 0 spiro atoms. The molecule has 1 rings (SSSR count). The fourth-order valence-electron chi connectivity index (χ4n) is 1.05. The zero-order valence-electron chi connectivity index (χ0n) is 8.67. The van der Waals surface area contributed by atoms with Crippen molar-refractivity contribution in [1.82, 2.24) is 10.3 Å². The van der Waals surface area contributed by atoms with Crippen molar-refractivity contribution in [3.05, 3.63) is 29.8 Å². The minimum atomic E-state index is -3.70. The molecule has 4 N–H and O–H groups in total. The molecule has 0 aliphatic heterocycles. The molecule has 0 aliphatic rings. The van der Waals surface area contributed by atoms with Gasteiger partial charge in [0.05, 0.1) is 17.4 Å². The van der Waals surface area contributed by atoms with E-state index in [0.717, 1.165) is 5.56 Å². The zero-order chi connectivity index (χ0) is 12.9. The normalized spacial score (nSPS) is 10.5. The fourth-order valence-corrected chi connectivity index (χ4v) is 2.03. The second-order valence-electron chi connectivity index (χ2n) is 3.07. The summed E-state index contributed by atoms with van der Waals surface area (Å²) in [5, 5.41) is 8.30. The van der Waals surface area contributed by atoms with E-state index in [2.05, 4.69) is 17.6 Å². The van der Waals surface area contributed by atoms with Crippen LogP contribution in [0.4, 0.5) is 0 Å². The maximum absolute atomic E-state index is 11.7. The number of nitrogens with two attached hydrogens (primary N) is 1. The third-order valence-corrected chi connectivity index (χ3v) is 3.19. The number of nitrogens with zero attached hydrogens (tertiary/aromatic N) is 1. The smallest absolute Gasteiger partial charge is 0.257 e. The third-order valence-electron chi connectivity index (χ3n) is 1.83. The van der Waals surface area contributed by atoms with Gasteiger partial charge >= 0.3 is 0 Å². The summed E-state index contributed by atoms with van der Waals surface area (Å²) in [6.07, 6.45) is 0.235. The largest absolute Gasteiger partial charge is 0.375 e. The highest BCUT2D eigenvalue weighted by molar-refractivity contribution is 7.89. The Labute approximate surface area is 104 Å². The summed E-state index contributed by atoms with van der Waals surface area (Å²) in [6.45, 7) is 0. The molecule has 0 heterocycles. The average Bonchev–Trinajstić information content (AvgIpc) is 2.28. The van der Waals surface area contributed by atoms with Gasteiger partial charge in [0, 0.05) is 0 Å². The Bertz CT molecular complexity index is 545. The number of hydrogen-bond donors (Lipinski definition) is 3. The van der Waals surface area contributed by atoms with E-state index in [1.807, 2.05) is 10.9 Å². The van der Waals surface area contributed by atoms with Crippen molar-refractivity contribution in [2.24, 2.45) is 5.73 Å². The van der Waals surface area contributed by atoms with Gasteiger partial charge in [-0.25, -0.2) is 8.42 Å². The minimum absolute atomic E-state index is 0.0583. The van der Waals surface area contributed by atoms with Gasteiger partial charge in [0.2, 0.25) is 0 Å². The molecule has 8 heteroatoms. The fraction of sp³-hybridized carbons (Fsp3) is 0.111. The summed E-state index contributed by atoms with van der Waals surface area (Å²) in [7, 11) is -3.70. The predicted octanol–water partition coefficient (Wildman–Crippen LogP) is -0.221. The first-order chi connectivity index (χ1) is 7.95. The molecule has 90 valence electrons. The highest BCUT2D eigenvalue weighted by atomic mass is 32.2. The molecule has 17 heavy (non-hydrogen) atoms. The highest BCUT2D eigenvalue weighted by Gasteiger charge is 2.13. The molecule has 0 radical (unpaired) electrons. The van der Waals surface area contributed by atoms with E-state index >= 15 is 0 Å². The molecule has 0 aliphatic carbocycles. The molecule has 0 aromatic heterocycles. The molecular formula is C9H10N4O2S2. The summed E-state index contributed by atoms with van der Waals surface area (Å²) in [6, 6.07) is 7.91. The Balaban J connectivity index is 2.85. The van der Waals surface area contributed by atoms with Gasteiger partial charge in [0.25, 0.3) is 10.0 Å². The van der Waals surface area contributed by atoms with E-state index in [1.165, 1.54) is 12.1 Å². The molecular weight excluding hydrogens is 260 g/mol. The quantitative estimate of drug-likeness (QED) is 0.515. The lowest BCUT2D eigenvalue weighted by atomic mass is 10.2. The summed E-state index contributed by atoms with van der Waals surface area (Å²) < 4.78 is 23.3. The molecule has 0 fully saturated rings. The van der Waals surface area contributed by atoms with Crippen LogP contribution < -0.4 is 16.0 Å². The van der Waals surface area contributed by atoms with Gasteiger partial charge < -0.3 is 5.73 Å². The van der Waals surface area contributed by atoms with Gasteiger partial charge in [-0.3, -0.25) is 5.43 Å².